The van der Waals surface area contributed by atoms with Crippen molar-refractivity contribution in [2.45, 2.75) is 50.9 Å². The first kappa shape index (κ1) is 23.7. The molecule has 5 rings (SSSR count). The van der Waals surface area contributed by atoms with Crippen LogP contribution in [0.15, 0.2) is 24.3 Å². The fraction of sp³-hybridized carbons (Fsp3) is 0.652. The molecule has 0 saturated carbocycles. The summed E-state index contributed by atoms with van der Waals surface area (Å²) in [6.07, 6.45) is 1.57. The van der Waals surface area contributed by atoms with Gasteiger partial charge in [-0.05, 0) is 37.8 Å². The second-order valence-electron chi connectivity index (χ2n) is 9.93. The highest BCUT2D eigenvalue weighted by atomic mass is 32.2. The van der Waals surface area contributed by atoms with Crippen LogP contribution in [-0.2, 0) is 32.6 Å². The highest BCUT2D eigenvalue weighted by molar-refractivity contribution is 7.86. The van der Waals surface area contributed by atoms with Gasteiger partial charge in [0.05, 0.1) is 18.9 Å². The molecule has 3 fully saturated rings. The summed E-state index contributed by atoms with van der Waals surface area (Å²) in [6.45, 7) is 6.20. The number of hydrogen-bond donors (Lipinski definition) is 1. The van der Waals surface area contributed by atoms with Gasteiger partial charge < -0.3 is 10.1 Å². The third kappa shape index (κ3) is 4.24. The monoisotopic (exact) mass is 491 g/mol. The maximum Gasteiger partial charge on any atom is 0.326 e. The number of ether oxygens (including phenoxy) is 1. The van der Waals surface area contributed by atoms with Gasteiger partial charge in [-0.2, -0.15) is 17.0 Å². The van der Waals surface area contributed by atoms with E-state index < -0.39 is 15.7 Å². The first-order valence-electron chi connectivity index (χ1n) is 12.0. The van der Waals surface area contributed by atoms with Gasteiger partial charge in [-0.15, -0.1) is 0 Å². The van der Waals surface area contributed by atoms with E-state index in [-0.39, 0.29) is 30.8 Å². The van der Waals surface area contributed by atoms with Crippen LogP contribution in [0.4, 0.5) is 4.79 Å². The van der Waals surface area contributed by atoms with Crippen LogP contribution in [0, 0.1) is 0 Å². The number of urea groups is 1. The third-order valence-corrected chi connectivity index (χ3v) is 9.36. The lowest BCUT2D eigenvalue weighted by molar-refractivity contribution is -0.133. The Morgan fingerprint density at radius 1 is 1.00 bits per heavy atom. The molecule has 186 valence electrons. The summed E-state index contributed by atoms with van der Waals surface area (Å²) < 4.78 is 35.0. The minimum absolute atomic E-state index is 0.140. The normalized spacial score (nSPS) is 31.6. The van der Waals surface area contributed by atoms with Gasteiger partial charge in [0.2, 0.25) is 0 Å². The van der Waals surface area contributed by atoms with Crippen LogP contribution in [0.1, 0.15) is 31.4 Å². The molecule has 11 heteroatoms. The Morgan fingerprint density at radius 2 is 1.65 bits per heavy atom. The number of benzene rings is 1. The van der Waals surface area contributed by atoms with Crippen molar-refractivity contribution < 1.29 is 22.7 Å². The van der Waals surface area contributed by atoms with Crippen molar-refractivity contribution in [3.8, 4) is 0 Å². The van der Waals surface area contributed by atoms with Crippen LogP contribution in [0.25, 0.3) is 0 Å². The second kappa shape index (κ2) is 8.87. The number of morpholine rings is 1. The highest BCUT2D eigenvalue weighted by Gasteiger charge is 2.52. The molecule has 0 radical (unpaired) electrons. The number of imide groups is 1. The number of nitrogens with zero attached hydrogens (tertiary/aromatic N) is 4. The van der Waals surface area contributed by atoms with E-state index in [0.29, 0.717) is 52.1 Å². The van der Waals surface area contributed by atoms with Gasteiger partial charge in [-0.3, -0.25) is 9.69 Å². The Bertz CT molecular complexity index is 1060. The van der Waals surface area contributed by atoms with Crippen molar-refractivity contribution in [3.63, 3.8) is 0 Å². The van der Waals surface area contributed by atoms with Crippen molar-refractivity contribution in [2.75, 3.05) is 45.9 Å². The van der Waals surface area contributed by atoms with Gasteiger partial charge in [-0.25, -0.2) is 9.69 Å². The molecule has 3 aliphatic heterocycles. The van der Waals surface area contributed by atoms with E-state index in [0.717, 1.165) is 12.0 Å². The van der Waals surface area contributed by atoms with Gasteiger partial charge in [0, 0.05) is 45.7 Å². The molecule has 1 aromatic rings. The topological polar surface area (TPSA) is 103 Å². The van der Waals surface area contributed by atoms with E-state index in [1.807, 2.05) is 36.9 Å². The van der Waals surface area contributed by atoms with Crippen molar-refractivity contribution >= 4 is 22.1 Å². The smallest absolute Gasteiger partial charge is 0.326 e. The molecule has 1 aliphatic carbocycles. The lowest BCUT2D eigenvalue weighted by Crippen LogP contribution is -2.58. The summed E-state index contributed by atoms with van der Waals surface area (Å²) in [5, 5.41) is 2.97. The molecule has 4 aliphatic rings. The standard InChI is InChI=1S/C23H33N5O5S/c1-17-14-27(15-18(2)33-17)34(31,32)26-11-9-25(10-12-26)16-28-21(29)23(24-22(28)30)8-7-19-5-3-4-6-20(19)13-23/h3-6,17-18H,7-16H2,1-2H3,(H,24,30). The summed E-state index contributed by atoms with van der Waals surface area (Å²) in [5.74, 6) is -0.182. The number of aryl methyl sites for hydroxylation is 1. The van der Waals surface area contributed by atoms with E-state index in [2.05, 4.69) is 11.4 Å². The molecular formula is C23H33N5O5S. The molecule has 1 spiro atoms. The minimum atomic E-state index is -3.57. The van der Waals surface area contributed by atoms with E-state index in [9.17, 15) is 18.0 Å². The lowest BCUT2D eigenvalue weighted by atomic mass is 9.78. The number of piperazine rings is 1. The maximum atomic E-state index is 13.4. The Balaban J connectivity index is 1.20. The quantitative estimate of drug-likeness (QED) is 0.612. The van der Waals surface area contributed by atoms with Crippen LogP contribution in [0.3, 0.4) is 0 Å². The van der Waals surface area contributed by atoms with Gasteiger partial charge in [0.15, 0.2) is 0 Å². The number of fused-ring (bicyclic) bond motifs is 1. The first-order chi connectivity index (χ1) is 16.2. The molecular weight excluding hydrogens is 458 g/mol. The summed E-state index contributed by atoms with van der Waals surface area (Å²) >= 11 is 0. The minimum Gasteiger partial charge on any atom is -0.373 e. The molecule has 1 aromatic carbocycles. The van der Waals surface area contributed by atoms with E-state index in [1.54, 1.807) is 0 Å². The average molecular weight is 492 g/mol. The fourth-order valence-corrected chi connectivity index (χ4v) is 7.36. The largest absolute Gasteiger partial charge is 0.373 e. The van der Waals surface area contributed by atoms with Gasteiger partial charge >= 0.3 is 6.03 Å². The summed E-state index contributed by atoms with van der Waals surface area (Å²) in [6, 6.07) is 7.69. The number of nitrogens with one attached hydrogen (secondary N) is 1. The van der Waals surface area contributed by atoms with Gasteiger partial charge in [-0.1, -0.05) is 24.3 Å². The molecule has 3 atom stereocenters. The van der Waals surface area contributed by atoms with Crippen molar-refractivity contribution in [1.29, 1.82) is 0 Å². The van der Waals surface area contributed by atoms with Gasteiger partial charge in [0.25, 0.3) is 16.1 Å². The van der Waals surface area contributed by atoms with Crippen LogP contribution in [-0.4, -0.2) is 102 Å². The summed E-state index contributed by atoms with van der Waals surface area (Å²) in [4.78, 5) is 29.4. The fourth-order valence-electron chi connectivity index (χ4n) is 5.61. The zero-order valence-electron chi connectivity index (χ0n) is 19.8. The first-order valence-corrected chi connectivity index (χ1v) is 13.4. The van der Waals surface area contributed by atoms with E-state index in [4.69, 9.17) is 4.74 Å². The molecule has 3 saturated heterocycles. The van der Waals surface area contributed by atoms with Gasteiger partial charge in [0.1, 0.15) is 5.54 Å². The zero-order valence-corrected chi connectivity index (χ0v) is 20.6. The summed E-state index contributed by atoms with van der Waals surface area (Å²) in [5.41, 5.74) is 1.46. The van der Waals surface area contributed by atoms with Crippen LogP contribution in [0.2, 0.25) is 0 Å². The van der Waals surface area contributed by atoms with Crippen LogP contribution >= 0.6 is 0 Å². The zero-order chi connectivity index (χ0) is 24.1. The average Bonchev–Trinajstić information content (AvgIpc) is 3.02. The second-order valence-corrected chi connectivity index (χ2v) is 11.9. The molecule has 0 aromatic heterocycles. The van der Waals surface area contributed by atoms with Crippen molar-refractivity contribution in [3.05, 3.63) is 35.4 Å². The number of carbonyl (C=O) groups is 2. The number of carbonyl (C=O) groups excluding carboxylic acids is 2. The molecule has 34 heavy (non-hydrogen) atoms. The summed E-state index contributed by atoms with van der Waals surface area (Å²) in [7, 11) is -3.57. The van der Waals surface area contributed by atoms with Crippen molar-refractivity contribution in [2.24, 2.45) is 0 Å². The van der Waals surface area contributed by atoms with E-state index >= 15 is 0 Å². The molecule has 10 nitrogen and oxygen atoms in total. The molecule has 1 N–H and O–H groups in total. The highest BCUT2D eigenvalue weighted by Crippen LogP contribution is 2.33. The Kier molecular flexibility index (Phi) is 6.18. The predicted molar refractivity (Wildman–Crippen MR) is 125 cm³/mol. The Hall–Kier alpha value is -2.05. The van der Waals surface area contributed by atoms with E-state index in [1.165, 1.54) is 19.1 Å². The number of amides is 3. The van der Waals surface area contributed by atoms with Crippen LogP contribution in [0.5, 0.6) is 0 Å². The molecule has 3 amide bonds. The Labute approximate surface area is 201 Å². The third-order valence-electron chi connectivity index (χ3n) is 7.39. The van der Waals surface area contributed by atoms with Crippen molar-refractivity contribution in [1.82, 2.24) is 23.7 Å². The lowest BCUT2D eigenvalue weighted by Gasteiger charge is -2.40. The maximum absolute atomic E-state index is 13.4. The molecule has 3 heterocycles. The molecule has 0 bridgehead atoms. The number of rotatable bonds is 4. The predicted octanol–water partition coefficient (Wildman–Crippen LogP) is 0.395. The molecule has 3 unspecified atom stereocenters. The Morgan fingerprint density at radius 3 is 2.32 bits per heavy atom. The number of hydrogen-bond acceptors (Lipinski definition) is 6. The van der Waals surface area contributed by atoms with Crippen LogP contribution < -0.4 is 5.32 Å². The SMILES string of the molecule is CC1CN(S(=O)(=O)N2CCN(CN3C(=O)NC4(CCc5ccccc5C4)C3=O)CC2)CC(C)O1.